The molecule has 0 spiro atoms. The summed E-state index contributed by atoms with van der Waals surface area (Å²) in [5, 5.41) is 3.08. The van der Waals surface area contributed by atoms with Gasteiger partial charge in [0.1, 0.15) is 11.9 Å². The maximum atomic E-state index is 14.2. The first kappa shape index (κ1) is 22.9. The van der Waals surface area contributed by atoms with E-state index in [1.165, 1.54) is 17.0 Å². The monoisotopic (exact) mass is 418 g/mol. The van der Waals surface area contributed by atoms with Gasteiger partial charge in [0, 0.05) is 23.7 Å². The van der Waals surface area contributed by atoms with E-state index in [-0.39, 0.29) is 28.8 Å². The molecule has 2 aromatic carbocycles. The Labute approximate surface area is 177 Å². The Hall–Kier alpha value is -2.40. The highest BCUT2D eigenvalue weighted by atomic mass is 35.5. The predicted octanol–water partition coefficient (Wildman–Crippen LogP) is 4.25. The van der Waals surface area contributed by atoms with E-state index in [1.807, 2.05) is 44.2 Å². The minimum Gasteiger partial charge on any atom is -0.354 e. The van der Waals surface area contributed by atoms with Gasteiger partial charge in [0.2, 0.25) is 11.8 Å². The van der Waals surface area contributed by atoms with Crippen molar-refractivity contribution in [1.29, 1.82) is 0 Å². The van der Waals surface area contributed by atoms with E-state index >= 15 is 0 Å². The maximum absolute atomic E-state index is 14.2. The minimum absolute atomic E-state index is 0.152. The molecule has 0 unspecified atom stereocenters. The number of carbonyl (C=O) groups excluding carboxylic acids is 2. The number of halogens is 2. The van der Waals surface area contributed by atoms with Crippen molar-refractivity contribution in [3.8, 4) is 0 Å². The summed E-state index contributed by atoms with van der Waals surface area (Å²) in [7, 11) is 0. The molecule has 1 N–H and O–H groups in total. The highest BCUT2D eigenvalue weighted by Gasteiger charge is 2.27. The second-order valence-corrected chi connectivity index (χ2v) is 7.92. The Morgan fingerprint density at radius 1 is 1.07 bits per heavy atom. The van der Waals surface area contributed by atoms with Crippen molar-refractivity contribution in [3.05, 3.63) is 70.5 Å². The Bertz CT molecular complexity index is 807. The van der Waals surface area contributed by atoms with Crippen molar-refractivity contribution in [2.24, 2.45) is 5.92 Å². The van der Waals surface area contributed by atoms with Crippen LogP contribution in [0.15, 0.2) is 48.5 Å². The first-order valence-electron chi connectivity index (χ1n) is 9.83. The third kappa shape index (κ3) is 6.86. The molecule has 0 aliphatic heterocycles. The van der Waals surface area contributed by atoms with Crippen molar-refractivity contribution in [1.82, 2.24) is 10.2 Å². The number of hydrogen-bond donors (Lipinski definition) is 1. The van der Waals surface area contributed by atoms with Gasteiger partial charge < -0.3 is 10.2 Å². The van der Waals surface area contributed by atoms with Gasteiger partial charge in [0.15, 0.2) is 0 Å². The largest absolute Gasteiger partial charge is 0.354 e. The lowest BCUT2D eigenvalue weighted by Gasteiger charge is -2.29. The van der Waals surface area contributed by atoms with Crippen molar-refractivity contribution in [2.45, 2.75) is 39.7 Å². The van der Waals surface area contributed by atoms with Gasteiger partial charge in [-0.1, -0.05) is 61.8 Å². The molecule has 0 aliphatic rings. The van der Waals surface area contributed by atoms with Crippen LogP contribution in [0.2, 0.25) is 5.02 Å². The summed E-state index contributed by atoms with van der Waals surface area (Å²) in [5.74, 6) is -0.775. The fourth-order valence-electron chi connectivity index (χ4n) is 2.98. The molecule has 4 nitrogen and oxygen atoms in total. The second-order valence-electron chi connectivity index (χ2n) is 7.51. The van der Waals surface area contributed by atoms with Crippen molar-refractivity contribution in [3.63, 3.8) is 0 Å². The molecule has 2 aromatic rings. The molecule has 1 atom stereocenters. The van der Waals surface area contributed by atoms with E-state index < -0.39 is 11.9 Å². The van der Waals surface area contributed by atoms with Crippen LogP contribution in [0.5, 0.6) is 0 Å². The van der Waals surface area contributed by atoms with Gasteiger partial charge in [-0.2, -0.15) is 0 Å². The van der Waals surface area contributed by atoms with Gasteiger partial charge in [-0.05, 0) is 37.0 Å². The number of rotatable bonds is 9. The third-order valence-corrected chi connectivity index (χ3v) is 5.08. The molecular formula is C23H28ClFN2O2. The molecule has 156 valence electrons. The molecule has 0 bridgehead atoms. The van der Waals surface area contributed by atoms with Crippen molar-refractivity contribution in [2.75, 3.05) is 13.1 Å². The molecule has 0 aliphatic carbocycles. The fourth-order valence-corrected chi connectivity index (χ4v) is 3.21. The summed E-state index contributed by atoms with van der Waals surface area (Å²) in [6.07, 6.45) is 0.404. The zero-order valence-electron chi connectivity index (χ0n) is 17.1. The van der Waals surface area contributed by atoms with E-state index in [9.17, 15) is 14.0 Å². The van der Waals surface area contributed by atoms with Crippen LogP contribution < -0.4 is 5.32 Å². The van der Waals surface area contributed by atoms with Gasteiger partial charge in [-0.3, -0.25) is 9.59 Å². The lowest BCUT2D eigenvalue weighted by Crippen LogP contribution is -2.49. The number of benzene rings is 2. The van der Waals surface area contributed by atoms with E-state index in [2.05, 4.69) is 5.32 Å². The topological polar surface area (TPSA) is 49.4 Å². The standard InChI is InChI=1S/C23H28ClFN2O2/c1-16(2)15-26-23(29)17(3)27(13-12-18-8-5-4-6-9-18)22(28)14-19-20(24)10-7-11-21(19)25/h4-11,16-17H,12-15H2,1-3H3,(H,26,29)/t17-/m1/s1. The van der Waals surface area contributed by atoms with Crippen LogP contribution in [0.3, 0.4) is 0 Å². The molecule has 0 aromatic heterocycles. The molecule has 0 fully saturated rings. The van der Waals surface area contributed by atoms with E-state index in [0.29, 0.717) is 25.4 Å². The number of nitrogens with one attached hydrogen (secondary N) is 1. The predicted molar refractivity (Wildman–Crippen MR) is 114 cm³/mol. The van der Waals surface area contributed by atoms with Crippen molar-refractivity contribution < 1.29 is 14.0 Å². The Morgan fingerprint density at radius 3 is 2.38 bits per heavy atom. The number of nitrogens with zero attached hydrogens (tertiary/aromatic N) is 1. The maximum Gasteiger partial charge on any atom is 0.242 e. The van der Waals surface area contributed by atoms with Crippen LogP contribution in [-0.2, 0) is 22.4 Å². The zero-order valence-corrected chi connectivity index (χ0v) is 17.9. The van der Waals surface area contributed by atoms with Gasteiger partial charge in [-0.15, -0.1) is 0 Å². The van der Waals surface area contributed by atoms with Crippen LogP contribution >= 0.6 is 11.6 Å². The normalized spacial score (nSPS) is 11.9. The van der Waals surface area contributed by atoms with Gasteiger partial charge >= 0.3 is 0 Å². The lowest BCUT2D eigenvalue weighted by molar-refractivity contribution is -0.139. The number of hydrogen-bond acceptors (Lipinski definition) is 2. The van der Waals surface area contributed by atoms with Gasteiger partial charge in [0.25, 0.3) is 0 Å². The summed E-state index contributed by atoms with van der Waals surface area (Å²) in [5.41, 5.74) is 1.21. The van der Waals surface area contributed by atoms with Crippen LogP contribution in [0.4, 0.5) is 4.39 Å². The zero-order chi connectivity index (χ0) is 21.4. The molecule has 0 saturated carbocycles. The van der Waals surface area contributed by atoms with E-state index in [1.54, 1.807) is 13.0 Å². The highest BCUT2D eigenvalue weighted by Crippen LogP contribution is 2.21. The smallest absolute Gasteiger partial charge is 0.242 e. The van der Waals surface area contributed by atoms with Crippen LogP contribution in [0.25, 0.3) is 0 Å². The molecule has 0 heterocycles. The Kier molecular flexibility index (Phi) is 8.65. The fraction of sp³-hybridized carbons (Fsp3) is 0.391. The van der Waals surface area contributed by atoms with E-state index in [0.717, 1.165) is 5.56 Å². The third-order valence-electron chi connectivity index (χ3n) is 4.73. The highest BCUT2D eigenvalue weighted by molar-refractivity contribution is 6.31. The molecule has 2 rings (SSSR count). The first-order valence-corrected chi connectivity index (χ1v) is 10.2. The molecule has 6 heteroatoms. The summed E-state index contributed by atoms with van der Waals surface area (Å²) < 4.78 is 14.2. The average molecular weight is 419 g/mol. The number of amides is 2. The van der Waals surface area contributed by atoms with E-state index in [4.69, 9.17) is 11.6 Å². The summed E-state index contributed by atoms with van der Waals surface area (Å²) in [4.78, 5) is 27.1. The van der Waals surface area contributed by atoms with Crippen LogP contribution in [-0.4, -0.2) is 35.8 Å². The van der Waals surface area contributed by atoms with Gasteiger partial charge in [-0.25, -0.2) is 4.39 Å². The second kappa shape index (κ2) is 11.0. The van der Waals surface area contributed by atoms with Crippen LogP contribution in [0, 0.1) is 11.7 Å². The van der Waals surface area contributed by atoms with Gasteiger partial charge in [0.05, 0.1) is 6.42 Å². The molecule has 0 saturated heterocycles. The molecule has 2 amide bonds. The molecule has 29 heavy (non-hydrogen) atoms. The molecule has 0 radical (unpaired) electrons. The van der Waals surface area contributed by atoms with Crippen LogP contribution in [0.1, 0.15) is 31.9 Å². The lowest BCUT2D eigenvalue weighted by atomic mass is 10.1. The molecular weight excluding hydrogens is 391 g/mol. The Morgan fingerprint density at radius 2 is 1.76 bits per heavy atom. The summed E-state index contributed by atoms with van der Waals surface area (Å²) in [6, 6.07) is 13.4. The average Bonchev–Trinajstić information content (AvgIpc) is 2.69. The summed E-state index contributed by atoms with van der Waals surface area (Å²) in [6.45, 7) is 6.59. The van der Waals surface area contributed by atoms with Crippen molar-refractivity contribution >= 4 is 23.4 Å². The summed E-state index contributed by atoms with van der Waals surface area (Å²) >= 11 is 6.09. The SMILES string of the molecule is CC(C)CNC(=O)[C@@H](C)N(CCc1ccccc1)C(=O)Cc1c(F)cccc1Cl. The quantitative estimate of drug-likeness (QED) is 0.661. The Balaban J connectivity index is 2.17. The first-order chi connectivity index (χ1) is 13.8. The minimum atomic E-state index is -0.671. The number of carbonyl (C=O) groups is 2.